The number of ether oxygens (including phenoxy) is 2. The Morgan fingerprint density at radius 1 is 0.917 bits per heavy atom. The largest absolute Gasteiger partial charge is 0.458 e. The summed E-state index contributed by atoms with van der Waals surface area (Å²) in [4.78, 5) is 11.7. The smallest absolute Gasteiger partial charge is 0.338 e. The molecule has 1 unspecified atom stereocenters. The van der Waals surface area contributed by atoms with Crippen LogP contribution in [0.25, 0.3) is 28.3 Å². The van der Waals surface area contributed by atoms with Crippen LogP contribution in [0.4, 0.5) is 8.78 Å². The average molecular weight is 489 g/mol. The van der Waals surface area contributed by atoms with E-state index in [0.717, 1.165) is 5.56 Å². The van der Waals surface area contributed by atoms with Crippen LogP contribution in [0.5, 0.6) is 11.5 Å². The molecule has 0 aliphatic rings. The molecule has 0 bridgehead atoms. The Kier molecular flexibility index (Phi) is 8.35. The van der Waals surface area contributed by atoms with E-state index < -0.39 is 23.9 Å². The minimum absolute atomic E-state index is 0.0967. The van der Waals surface area contributed by atoms with Crippen LogP contribution in [0, 0.1) is 11.6 Å². The van der Waals surface area contributed by atoms with Crippen LogP contribution in [0.2, 0.25) is 0 Å². The van der Waals surface area contributed by atoms with E-state index in [-0.39, 0.29) is 17.1 Å². The fourth-order valence-corrected chi connectivity index (χ4v) is 3.25. The summed E-state index contributed by atoms with van der Waals surface area (Å²) >= 11 is 0. The average Bonchev–Trinajstić information content (AvgIpc) is 2.84. The van der Waals surface area contributed by atoms with Crippen molar-refractivity contribution in [2.75, 3.05) is 0 Å². The van der Waals surface area contributed by atoms with E-state index >= 15 is 0 Å². The quantitative estimate of drug-likeness (QED) is 0.0861. The van der Waals surface area contributed by atoms with Gasteiger partial charge in [0.2, 0.25) is 6.29 Å². The molecule has 3 aromatic rings. The molecule has 0 amide bonds. The van der Waals surface area contributed by atoms with Crippen LogP contribution in [-0.2, 0) is 4.79 Å². The normalized spacial score (nSPS) is 11.7. The number of carbonyl (C=O) groups excluding carboxylic acids is 1. The summed E-state index contributed by atoms with van der Waals surface area (Å²) in [7, 11) is 0. The van der Waals surface area contributed by atoms with Gasteiger partial charge in [-0.3, -0.25) is 0 Å². The van der Waals surface area contributed by atoms with E-state index in [4.69, 9.17) is 9.47 Å². The molecule has 36 heavy (non-hydrogen) atoms. The number of rotatable bonds is 9. The molecule has 3 rings (SSSR count). The van der Waals surface area contributed by atoms with Crippen molar-refractivity contribution in [3.63, 3.8) is 0 Å². The minimum atomic E-state index is -1.31. The van der Waals surface area contributed by atoms with Crippen molar-refractivity contribution in [2.45, 2.75) is 20.1 Å². The van der Waals surface area contributed by atoms with Gasteiger partial charge in [-0.25, -0.2) is 13.6 Å². The van der Waals surface area contributed by atoms with Gasteiger partial charge in [0.1, 0.15) is 0 Å². The predicted molar refractivity (Wildman–Crippen MR) is 138 cm³/mol. The van der Waals surface area contributed by atoms with E-state index in [9.17, 15) is 18.7 Å². The van der Waals surface area contributed by atoms with E-state index in [1.165, 1.54) is 31.2 Å². The molecule has 0 spiro atoms. The van der Waals surface area contributed by atoms with Crippen molar-refractivity contribution in [2.24, 2.45) is 0 Å². The molecular weight excluding hydrogens is 462 g/mol. The molecule has 0 aliphatic heterocycles. The summed E-state index contributed by atoms with van der Waals surface area (Å²) in [5, 5.41) is 9.79. The molecule has 0 saturated carbocycles. The van der Waals surface area contributed by atoms with Crippen molar-refractivity contribution in [3.8, 4) is 33.8 Å². The van der Waals surface area contributed by atoms with Crippen molar-refractivity contribution < 1.29 is 28.2 Å². The van der Waals surface area contributed by atoms with Gasteiger partial charge in [-0.15, -0.1) is 0 Å². The van der Waals surface area contributed by atoms with Gasteiger partial charge in [0.05, 0.1) is 0 Å². The second kappa shape index (κ2) is 11.4. The standard InChI is InChI=1S/C30H26F2O4/c1-6-7-8-22-15-20(21-10-13-27(25(31)16-21)35-29(33)18(2)3)9-12-24(22)23-11-14-28(26(32)17-23)36-30(34)19(4)5/h6-17,29,33H,1-2,4H2,3,5H3/b8-7+. The zero-order valence-electron chi connectivity index (χ0n) is 20.1. The fourth-order valence-electron chi connectivity index (χ4n) is 3.25. The molecule has 1 N–H and O–H groups in total. The molecule has 0 aliphatic carbocycles. The van der Waals surface area contributed by atoms with Crippen LogP contribution >= 0.6 is 0 Å². The molecule has 0 aromatic heterocycles. The number of hydrogen-bond acceptors (Lipinski definition) is 4. The summed E-state index contributed by atoms with van der Waals surface area (Å²) < 4.78 is 39.6. The van der Waals surface area contributed by atoms with Gasteiger partial charge in [0, 0.05) is 5.57 Å². The molecule has 0 radical (unpaired) electrons. The number of carbonyl (C=O) groups is 1. The third-order valence-electron chi connectivity index (χ3n) is 5.18. The number of esters is 1. The molecule has 4 nitrogen and oxygen atoms in total. The van der Waals surface area contributed by atoms with Crippen LogP contribution in [0.15, 0.2) is 97.6 Å². The molecule has 0 heterocycles. The van der Waals surface area contributed by atoms with Crippen molar-refractivity contribution >= 4 is 12.0 Å². The Labute approximate surface area is 209 Å². The third kappa shape index (κ3) is 6.23. The highest BCUT2D eigenvalue weighted by Crippen LogP contribution is 2.34. The number of halogens is 2. The number of hydrogen-bond donors (Lipinski definition) is 1. The Bertz CT molecular complexity index is 1370. The molecule has 0 saturated heterocycles. The Morgan fingerprint density at radius 2 is 1.50 bits per heavy atom. The summed E-state index contributed by atoms with van der Waals surface area (Å²) in [5.41, 5.74) is 3.80. The number of aliphatic hydroxyl groups is 1. The lowest BCUT2D eigenvalue weighted by atomic mass is 9.94. The van der Waals surface area contributed by atoms with E-state index in [0.29, 0.717) is 27.8 Å². The van der Waals surface area contributed by atoms with Crippen molar-refractivity contribution in [1.29, 1.82) is 0 Å². The Balaban J connectivity index is 1.98. The van der Waals surface area contributed by atoms with Gasteiger partial charge >= 0.3 is 5.97 Å². The first kappa shape index (κ1) is 26.3. The highest BCUT2D eigenvalue weighted by molar-refractivity contribution is 5.89. The maximum absolute atomic E-state index is 14.7. The van der Waals surface area contributed by atoms with E-state index in [2.05, 4.69) is 19.7 Å². The summed E-state index contributed by atoms with van der Waals surface area (Å²) in [6.07, 6.45) is 3.83. The van der Waals surface area contributed by atoms with E-state index in [1.54, 1.807) is 49.4 Å². The third-order valence-corrected chi connectivity index (χ3v) is 5.18. The molecule has 0 fully saturated rings. The van der Waals surface area contributed by atoms with Crippen LogP contribution in [-0.4, -0.2) is 17.4 Å². The molecule has 6 heteroatoms. The highest BCUT2D eigenvalue weighted by atomic mass is 19.1. The monoisotopic (exact) mass is 488 g/mol. The van der Waals surface area contributed by atoms with Gasteiger partial charge in [-0.2, -0.15) is 0 Å². The van der Waals surface area contributed by atoms with Gasteiger partial charge in [-0.1, -0.05) is 62.2 Å². The molecule has 1 atom stereocenters. The second-order valence-electron chi connectivity index (χ2n) is 8.17. The van der Waals surface area contributed by atoms with E-state index in [1.807, 2.05) is 6.07 Å². The Hall–Kier alpha value is -4.29. The first-order chi connectivity index (χ1) is 17.1. The second-order valence-corrected chi connectivity index (χ2v) is 8.17. The zero-order valence-corrected chi connectivity index (χ0v) is 20.1. The van der Waals surface area contributed by atoms with Gasteiger partial charge < -0.3 is 14.6 Å². The fraction of sp³-hybridized carbons (Fsp3) is 0.100. The van der Waals surface area contributed by atoms with Crippen molar-refractivity contribution in [3.05, 3.63) is 115 Å². The Morgan fingerprint density at radius 3 is 2.11 bits per heavy atom. The predicted octanol–water partition coefficient (Wildman–Crippen LogP) is 7.25. The summed E-state index contributed by atoms with van der Waals surface area (Å²) in [6, 6.07) is 14.1. The SMILES string of the molecule is C=C/C=C/c1cc(-c2ccc(OC(O)C(=C)C)c(F)c2)ccc1-c1ccc(OC(=O)C(=C)C)c(F)c1. The lowest BCUT2D eigenvalue weighted by molar-refractivity contribution is -0.130. The zero-order chi connectivity index (χ0) is 26.4. The van der Waals surface area contributed by atoms with Gasteiger partial charge in [0.25, 0.3) is 0 Å². The van der Waals surface area contributed by atoms with Crippen LogP contribution in [0.3, 0.4) is 0 Å². The highest BCUT2D eigenvalue weighted by Gasteiger charge is 2.15. The first-order valence-corrected chi connectivity index (χ1v) is 11.0. The number of benzene rings is 3. The summed E-state index contributed by atoms with van der Waals surface area (Å²) in [5.74, 6) is -2.33. The molecule has 3 aromatic carbocycles. The maximum Gasteiger partial charge on any atom is 0.338 e. The van der Waals surface area contributed by atoms with Crippen LogP contribution < -0.4 is 9.47 Å². The van der Waals surface area contributed by atoms with Gasteiger partial charge in [0.15, 0.2) is 23.1 Å². The molecule has 184 valence electrons. The first-order valence-electron chi connectivity index (χ1n) is 11.0. The lowest BCUT2D eigenvalue weighted by Gasteiger charge is -2.15. The topological polar surface area (TPSA) is 55.8 Å². The number of allylic oxidation sites excluding steroid dienone is 2. The number of aliphatic hydroxyl groups excluding tert-OH is 1. The minimum Gasteiger partial charge on any atom is -0.458 e. The lowest BCUT2D eigenvalue weighted by Crippen LogP contribution is -2.16. The van der Waals surface area contributed by atoms with Gasteiger partial charge in [-0.05, 0) is 77.6 Å². The van der Waals surface area contributed by atoms with Crippen LogP contribution in [0.1, 0.15) is 19.4 Å². The molecular formula is C30H26F2O4. The maximum atomic E-state index is 14.7. The summed E-state index contributed by atoms with van der Waals surface area (Å²) in [6.45, 7) is 13.8. The van der Waals surface area contributed by atoms with Crippen molar-refractivity contribution in [1.82, 2.24) is 0 Å².